The van der Waals surface area contributed by atoms with Gasteiger partial charge in [0.15, 0.2) is 0 Å². The number of nitrogens with one attached hydrogen (secondary N) is 1. The van der Waals surface area contributed by atoms with Crippen molar-refractivity contribution in [1.82, 2.24) is 20.0 Å². The Balaban J connectivity index is 1.58. The maximum Gasteiger partial charge on any atom is 0.317 e. The normalized spacial score (nSPS) is 18.1. The number of carbonyl (C=O) groups is 1. The molecule has 0 aliphatic carbocycles. The number of thiophene rings is 1. The largest absolute Gasteiger partial charge is 0.337 e. The fourth-order valence-corrected chi connectivity index (χ4v) is 4.16. The third-order valence-electron chi connectivity index (χ3n) is 4.87. The van der Waals surface area contributed by atoms with Crippen LogP contribution in [0, 0.1) is 0 Å². The van der Waals surface area contributed by atoms with E-state index in [0.29, 0.717) is 6.54 Å². The van der Waals surface area contributed by atoms with Crippen molar-refractivity contribution in [3.05, 3.63) is 40.3 Å². The number of urea groups is 1. The van der Waals surface area contributed by atoms with Crippen molar-refractivity contribution in [2.75, 3.05) is 13.1 Å². The van der Waals surface area contributed by atoms with Gasteiger partial charge in [-0.3, -0.25) is 4.68 Å². The van der Waals surface area contributed by atoms with Crippen LogP contribution in [-0.2, 0) is 18.9 Å². The van der Waals surface area contributed by atoms with Crippen molar-refractivity contribution in [1.29, 1.82) is 0 Å². The lowest BCUT2D eigenvalue weighted by Crippen LogP contribution is -2.47. The summed E-state index contributed by atoms with van der Waals surface area (Å²) in [4.78, 5) is 16.0. The first-order valence-electron chi connectivity index (χ1n) is 8.53. The van der Waals surface area contributed by atoms with Gasteiger partial charge in [-0.05, 0) is 30.4 Å². The molecule has 2 aromatic heterocycles. The number of aromatic nitrogens is 2. The summed E-state index contributed by atoms with van der Waals surface area (Å²) in [6.45, 7) is 5.85. The van der Waals surface area contributed by atoms with Crippen molar-refractivity contribution >= 4 is 17.4 Å². The summed E-state index contributed by atoms with van der Waals surface area (Å²) in [5.41, 5.74) is 1.14. The number of hydrogen-bond acceptors (Lipinski definition) is 3. The van der Waals surface area contributed by atoms with Crippen LogP contribution in [0.2, 0.25) is 0 Å². The zero-order chi connectivity index (χ0) is 17.2. The molecule has 2 aromatic rings. The average Bonchev–Trinajstić information content (AvgIpc) is 3.28. The van der Waals surface area contributed by atoms with Gasteiger partial charge >= 0.3 is 6.03 Å². The Bertz CT molecular complexity index is 677. The molecule has 1 aliphatic rings. The first kappa shape index (κ1) is 17.0. The van der Waals surface area contributed by atoms with Crippen LogP contribution in [0.3, 0.4) is 0 Å². The maximum atomic E-state index is 12.7. The van der Waals surface area contributed by atoms with E-state index in [4.69, 9.17) is 0 Å². The molecule has 24 heavy (non-hydrogen) atoms. The summed E-state index contributed by atoms with van der Waals surface area (Å²) in [6, 6.07) is 6.56. The first-order valence-corrected chi connectivity index (χ1v) is 9.41. The number of likely N-dealkylation sites (tertiary alicyclic amines) is 1. The van der Waals surface area contributed by atoms with Crippen molar-refractivity contribution < 1.29 is 4.79 Å². The Morgan fingerprint density at radius 1 is 1.46 bits per heavy atom. The van der Waals surface area contributed by atoms with Gasteiger partial charge in [0.1, 0.15) is 0 Å². The summed E-state index contributed by atoms with van der Waals surface area (Å²) < 4.78 is 1.90. The molecule has 3 heterocycles. The van der Waals surface area contributed by atoms with Gasteiger partial charge in [-0.2, -0.15) is 5.10 Å². The minimum atomic E-state index is -0.0406. The molecule has 2 amide bonds. The number of nitrogens with zero attached hydrogens (tertiary/aromatic N) is 3. The summed E-state index contributed by atoms with van der Waals surface area (Å²) in [6.07, 6.45) is 4.83. The molecule has 0 spiro atoms. The molecule has 6 heteroatoms. The molecule has 0 aromatic carbocycles. The lowest BCUT2D eigenvalue weighted by molar-refractivity contribution is 0.189. The van der Waals surface area contributed by atoms with E-state index in [9.17, 15) is 4.79 Å². The topological polar surface area (TPSA) is 50.2 Å². The molecule has 130 valence electrons. The van der Waals surface area contributed by atoms with Crippen LogP contribution in [0.15, 0.2) is 29.8 Å². The minimum absolute atomic E-state index is 0.0406. The first-order chi connectivity index (χ1) is 11.5. The number of rotatable bonds is 5. The predicted octanol–water partition coefficient (Wildman–Crippen LogP) is 3.18. The van der Waals surface area contributed by atoms with E-state index in [0.717, 1.165) is 25.8 Å². The van der Waals surface area contributed by atoms with Gasteiger partial charge in [-0.1, -0.05) is 19.9 Å². The Hall–Kier alpha value is -1.82. The van der Waals surface area contributed by atoms with Crippen LogP contribution >= 0.6 is 11.3 Å². The standard InChI is InChI=1S/C18H26N4OS/c1-18(2,16-7-5-11-24-16)13-19-17(23)22-10-4-6-15(22)12-14-8-9-20-21(14)3/h5,7-9,11,15H,4,6,10,12-13H2,1-3H3,(H,19,23)/t15-/m0/s1. The molecule has 1 fully saturated rings. The SMILES string of the molecule is Cn1nccc1C[C@@H]1CCCN1C(=O)NCC(C)(C)c1cccs1. The molecule has 1 saturated heterocycles. The molecular formula is C18H26N4OS. The molecule has 1 aliphatic heterocycles. The highest BCUT2D eigenvalue weighted by Gasteiger charge is 2.31. The summed E-state index contributed by atoms with van der Waals surface area (Å²) in [7, 11) is 1.96. The maximum absolute atomic E-state index is 12.7. The van der Waals surface area contributed by atoms with Gasteiger partial charge in [0, 0.05) is 54.8 Å². The van der Waals surface area contributed by atoms with E-state index in [1.165, 1.54) is 10.6 Å². The second-order valence-corrected chi connectivity index (χ2v) is 8.11. The number of aryl methyl sites for hydroxylation is 1. The zero-order valence-corrected chi connectivity index (χ0v) is 15.5. The monoisotopic (exact) mass is 346 g/mol. The highest BCUT2D eigenvalue weighted by molar-refractivity contribution is 7.10. The van der Waals surface area contributed by atoms with Gasteiger partial charge in [0.05, 0.1) is 0 Å². The van der Waals surface area contributed by atoms with Gasteiger partial charge in [0.25, 0.3) is 0 Å². The van der Waals surface area contributed by atoms with Crippen LogP contribution in [0.5, 0.6) is 0 Å². The van der Waals surface area contributed by atoms with E-state index in [1.54, 1.807) is 11.3 Å². The third kappa shape index (κ3) is 3.64. The van der Waals surface area contributed by atoms with Gasteiger partial charge < -0.3 is 10.2 Å². The summed E-state index contributed by atoms with van der Waals surface area (Å²) in [5, 5.41) is 9.46. The molecule has 1 N–H and O–H groups in total. The van der Waals surface area contributed by atoms with Crippen molar-refractivity contribution in [2.45, 2.75) is 44.6 Å². The van der Waals surface area contributed by atoms with Crippen LogP contribution in [-0.4, -0.2) is 39.8 Å². The van der Waals surface area contributed by atoms with Gasteiger partial charge in [0.2, 0.25) is 0 Å². The van der Waals surface area contributed by atoms with E-state index in [2.05, 4.69) is 41.8 Å². The summed E-state index contributed by atoms with van der Waals surface area (Å²) in [5.74, 6) is 0. The second-order valence-electron chi connectivity index (χ2n) is 7.16. The molecule has 5 nitrogen and oxygen atoms in total. The molecule has 3 rings (SSSR count). The van der Waals surface area contributed by atoms with Crippen LogP contribution in [0.4, 0.5) is 4.79 Å². The Morgan fingerprint density at radius 3 is 2.96 bits per heavy atom. The minimum Gasteiger partial charge on any atom is -0.337 e. The average molecular weight is 346 g/mol. The molecule has 0 saturated carbocycles. The van der Waals surface area contributed by atoms with Crippen LogP contribution < -0.4 is 5.32 Å². The fraction of sp³-hybridized carbons (Fsp3) is 0.556. The quantitative estimate of drug-likeness (QED) is 0.904. The van der Waals surface area contributed by atoms with Crippen LogP contribution in [0.25, 0.3) is 0 Å². The molecule has 0 bridgehead atoms. The molecule has 0 unspecified atom stereocenters. The number of hydrogen-bond donors (Lipinski definition) is 1. The Morgan fingerprint density at radius 2 is 2.29 bits per heavy atom. The smallest absolute Gasteiger partial charge is 0.317 e. The Kier molecular flexibility index (Phi) is 4.94. The molecular weight excluding hydrogens is 320 g/mol. The highest BCUT2D eigenvalue weighted by atomic mass is 32.1. The third-order valence-corrected chi connectivity index (χ3v) is 6.11. The van der Waals surface area contributed by atoms with Gasteiger partial charge in [-0.25, -0.2) is 4.79 Å². The van der Waals surface area contributed by atoms with E-state index < -0.39 is 0 Å². The number of amides is 2. The fourth-order valence-electron chi connectivity index (χ4n) is 3.31. The second kappa shape index (κ2) is 6.97. The molecule has 0 radical (unpaired) electrons. The highest BCUT2D eigenvalue weighted by Crippen LogP contribution is 2.27. The lowest BCUT2D eigenvalue weighted by atomic mass is 9.91. The van der Waals surface area contributed by atoms with Crippen LogP contribution in [0.1, 0.15) is 37.3 Å². The van der Waals surface area contributed by atoms with E-state index in [1.807, 2.05) is 28.9 Å². The Labute approximate surface area is 147 Å². The molecule has 1 atom stereocenters. The van der Waals surface area contributed by atoms with E-state index in [-0.39, 0.29) is 17.5 Å². The number of carbonyl (C=O) groups excluding carboxylic acids is 1. The van der Waals surface area contributed by atoms with Crippen molar-refractivity contribution in [2.24, 2.45) is 7.05 Å². The zero-order valence-electron chi connectivity index (χ0n) is 14.7. The van der Waals surface area contributed by atoms with E-state index >= 15 is 0 Å². The lowest BCUT2D eigenvalue weighted by Gasteiger charge is -2.29. The predicted molar refractivity (Wildman–Crippen MR) is 97.4 cm³/mol. The van der Waals surface area contributed by atoms with Gasteiger partial charge in [-0.15, -0.1) is 11.3 Å². The van der Waals surface area contributed by atoms with Crippen molar-refractivity contribution in [3.63, 3.8) is 0 Å². The van der Waals surface area contributed by atoms with Crippen molar-refractivity contribution in [3.8, 4) is 0 Å². The summed E-state index contributed by atoms with van der Waals surface area (Å²) >= 11 is 1.74.